The molecule has 1 aliphatic rings. The van der Waals surface area contributed by atoms with Crippen LogP contribution in [0.4, 0.5) is 24.5 Å². The van der Waals surface area contributed by atoms with Crippen LogP contribution in [0.1, 0.15) is 22.3 Å². The second-order valence-electron chi connectivity index (χ2n) is 6.27. The normalized spacial score (nSPS) is 18.8. The molecule has 0 fully saturated rings. The predicted molar refractivity (Wildman–Crippen MR) is 94.4 cm³/mol. The third-order valence-corrected chi connectivity index (χ3v) is 4.35. The average molecular weight is 424 g/mol. The monoisotopic (exact) mass is 424 g/mol. The highest BCUT2D eigenvalue weighted by Gasteiger charge is 2.53. The number of hydrogen-bond donors (Lipinski definition) is 1. The van der Waals surface area contributed by atoms with Crippen LogP contribution in [-0.2, 0) is 5.72 Å². The Morgan fingerprint density at radius 3 is 2.20 bits per heavy atom. The number of nitro groups is 2. The van der Waals surface area contributed by atoms with E-state index in [0.717, 1.165) is 48.5 Å². The molecule has 2 aromatic carbocycles. The Kier molecular flexibility index (Phi) is 4.99. The van der Waals surface area contributed by atoms with Gasteiger partial charge in [-0.15, -0.1) is 0 Å². The maximum absolute atomic E-state index is 13.2. The van der Waals surface area contributed by atoms with Crippen molar-refractivity contribution in [1.29, 1.82) is 0 Å². The molecule has 1 N–H and O–H groups in total. The van der Waals surface area contributed by atoms with Gasteiger partial charge in [0, 0.05) is 35.4 Å². The lowest BCUT2D eigenvalue weighted by atomic mass is 9.96. The van der Waals surface area contributed by atoms with Crippen LogP contribution in [0.5, 0.6) is 0 Å². The van der Waals surface area contributed by atoms with Gasteiger partial charge < -0.3 is 5.11 Å². The molecule has 3 rings (SSSR count). The van der Waals surface area contributed by atoms with E-state index in [1.165, 1.54) is 0 Å². The first-order chi connectivity index (χ1) is 13.9. The van der Waals surface area contributed by atoms with Gasteiger partial charge in [-0.2, -0.15) is 23.3 Å². The summed E-state index contributed by atoms with van der Waals surface area (Å²) < 4.78 is 39.7. The van der Waals surface area contributed by atoms with Crippen molar-refractivity contribution in [2.24, 2.45) is 5.10 Å². The molecular weight excluding hydrogens is 413 g/mol. The van der Waals surface area contributed by atoms with Gasteiger partial charge in [0.05, 0.1) is 16.3 Å². The van der Waals surface area contributed by atoms with Gasteiger partial charge in [0.2, 0.25) is 0 Å². The molecule has 2 aromatic rings. The van der Waals surface area contributed by atoms with Gasteiger partial charge in [0.1, 0.15) is 5.71 Å². The fourth-order valence-electron chi connectivity index (χ4n) is 2.87. The van der Waals surface area contributed by atoms with E-state index >= 15 is 0 Å². The quantitative estimate of drug-likeness (QED) is 0.591. The van der Waals surface area contributed by atoms with E-state index in [1.54, 1.807) is 0 Å². The molecule has 1 heterocycles. The fourth-order valence-corrected chi connectivity index (χ4v) is 2.87. The maximum atomic E-state index is 13.2. The molecule has 0 saturated carbocycles. The van der Waals surface area contributed by atoms with Crippen LogP contribution < -0.4 is 0 Å². The minimum atomic E-state index is -4.97. The summed E-state index contributed by atoms with van der Waals surface area (Å²) in [6, 6.07) is 8.09. The number of non-ortho nitro benzene ring substituents is 2. The van der Waals surface area contributed by atoms with Crippen molar-refractivity contribution in [3.05, 3.63) is 79.9 Å². The molecule has 0 spiro atoms. The first-order valence-corrected chi connectivity index (χ1v) is 8.14. The molecule has 30 heavy (non-hydrogen) atoms. The van der Waals surface area contributed by atoms with Gasteiger partial charge in [-0.25, -0.2) is 0 Å². The molecule has 0 bridgehead atoms. The van der Waals surface area contributed by atoms with E-state index < -0.39 is 45.5 Å². The lowest BCUT2D eigenvalue weighted by molar-refractivity contribution is -0.385. The first-order valence-electron chi connectivity index (χ1n) is 8.14. The Hall–Kier alpha value is -3.87. The standard InChI is InChI=1S/C17H11F3N4O6/c18-17(19,20)14-9-16(26,11-4-6-12(7-5-11)23(27)28)22(21-14)15(25)10-2-1-3-13(8-10)24(29)30/h1-8,26H,9H2/t16-/m0/s1. The van der Waals surface area contributed by atoms with Crippen LogP contribution in [0, 0.1) is 20.2 Å². The van der Waals surface area contributed by atoms with Gasteiger partial charge in [-0.05, 0) is 18.2 Å². The molecule has 0 aliphatic carbocycles. The molecule has 1 amide bonds. The van der Waals surface area contributed by atoms with Crippen LogP contribution in [0.3, 0.4) is 0 Å². The van der Waals surface area contributed by atoms with Crippen LogP contribution in [-0.4, -0.2) is 37.8 Å². The van der Waals surface area contributed by atoms with Gasteiger partial charge in [-0.1, -0.05) is 6.07 Å². The van der Waals surface area contributed by atoms with Gasteiger partial charge in [0.25, 0.3) is 17.3 Å². The highest BCUT2D eigenvalue weighted by molar-refractivity contribution is 6.00. The van der Waals surface area contributed by atoms with Crippen molar-refractivity contribution in [2.45, 2.75) is 18.3 Å². The number of rotatable bonds is 4. The van der Waals surface area contributed by atoms with Gasteiger partial charge >= 0.3 is 6.18 Å². The van der Waals surface area contributed by atoms with Gasteiger partial charge in [0.15, 0.2) is 5.72 Å². The summed E-state index contributed by atoms with van der Waals surface area (Å²) in [7, 11) is 0. The van der Waals surface area contributed by atoms with Crippen molar-refractivity contribution in [3.8, 4) is 0 Å². The molecule has 10 nitrogen and oxygen atoms in total. The highest BCUT2D eigenvalue weighted by atomic mass is 19.4. The van der Waals surface area contributed by atoms with Crippen molar-refractivity contribution in [1.82, 2.24) is 5.01 Å². The topological polar surface area (TPSA) is 139 Å². The Labute approximate surface area is 165 Å². The zero-order chi connectivity index (χ0) is 22.3. The molecule has 0 radical (unpaired) electrons. The summed E-state index contributed by atoms with van der Waals surface area (Å²) in [6.45, 7) is 0. The summed E-state index contributed by atoms with van der Waals surface area (Å²) in [6.07, 6.45) is -6.10. The number of nitrogens with zero attached hydrogens (tertiary/aromatic N) is 4. The fraction of sp³-hybridized carbons (Fsp3) is 0.176. The average Bonchev–Trinajstić information content (AvgIpc) is 3.06. The number of halogens is 3. The van der Waals surface area contributed by atoms with Crippen LogP contribution in [0.15, 0.2) is 53.6 Å². The third kappa shape index (κ3) is 3.69. The van der Waals surface area contributed by atoms with Crippen LogP contribution >= 0.6 is 0 Å². The molecule has 1 atom stereocenters. The largest absolute Gasteiger partial charge is 0.431 e. The molecule has 0 saturated heterocycles. The highest BCUT2D eigenvalue weighted by Crippen LogP contribution is 2.41. The number of hydrogen-bond acceptors (Lipinski definition) is 7. The van der Waals surface area contributed by atoms with Crippen molar-refractivity contribution in [2.75, 3.05) is 0 Å². The molecule has 0 aromatic heterocycles. The van der Waals surface area contributed by atoms with E-state index in [2.05, 4.69) is 5.10 Å². The Morgan fingerprint density at radius 2 is 1.67 bits per heavy atom. The van der Waals surface area contributed by atoms with E-state index in [4.69, 9.17) is 0 Å². The smallest absolute Gasteiger partial charge is 0.365 e. The van der Waals surface area contributed by atoms with E-state index in [-0.39, 0.29) is 21.8 Å². The molecule has 13 heteroatoms. The van der Waals surface area contributed by atoms with Gasteiger partial charge in [-0.3, -0.25) is 25.0 Å². The molecule has 156 valence electrons. The minimum Gasteiger partial charge on any atom is -0.365 e. The Bertz CT molecular complexity index is 1070. The van der Waals surface area contributed by atoms with E-state index in [1.807, 2.05) is 0 Å². The zero-order valence-electron chi connectivity index (χ0n) is 14.7. The van der Waals surface area contributed by atoms with E-state index in [9.17, 15) is 43.3 Å². The second-order valence-corrected chi connectivity index (χ2v) is 6.27. The number of carbonyl (C=O) groups excluding carboxylic acids is 1. The lowest BCUT2D eigenvalue weighted by Gasteiger charge is -2.31. The first kappa shape index (κ1) is 20.9. The summed E-state index contributed by atoms with van der Waals surface area (Å²) in [5.74, 6) is -1.22. The van der Waals surface area contributed by atoms with Crippen molar-refractivity contribution >= 4 is 23.0 Å². The summed E-state index contributed by atoms with van der Waals surface area (Å²) in [4.78, 5) is 33.0. The maximum Gasteiger partial charge on any atom is 0.431 e. The number of nitro benzene ring substituents is 2. The number of amides is 1. The Morgan fingerprint density at radius 1 is 1.07 bits per heavy atom. The number of benzene rings is 2. The zero-order valence-corrected chi connectivity index (χ0v) is 14.7. The third-order valence-electron chi connectivity index (χ3n) is 4.35. The summed E-state index contributed by atoms with van der Waals surface area (Å²) >= 11 is 0. The second kappa shape index (κ2) is 7.18. The lowest BCUT2D eigenvalue weighted by Crippen LogP contribution is -2.43. The van der Waals surface area contributed by atoms with Crippen molar-refractivity contribution < 1.29 is 32.9 Å². The Balaban J connectivity index is 2.08. The minimum absolute atomic E-state index is 0.177. The van der Waals surface area contributed by atoms with Crippen molar-refractivity contribution in [3.63, 3.8) is 0 Å². The predicted octanol–water partition coefficient (Wildman–Crippen LogP) is 3.11. The summed E-state index contributed by atoms with van der Waals surface area (Å²) in [5.41, 5.74) is -5.57. The van der Waals surface area contributed by atoms with E-state index in [0.29, 0.717) is 0 Å². The molecular formula is C17H11F3N4O6. The van der Waals surface area contributed by atoms with Crippen LogP contribution in [0.25, 0.3) is 0 Å². The number of alkyl halides is 3. The van der Waals surface area contributed by atoms with Crippen LogP contribution in [0.2, 0.25) is 0 Å². The number of hydrazone groups is 1. The summed E-state index contributed by atoms with van der Waals surface area (Å²) in [5, 5.41) is 36.1. The number of aliphatic hydroxyl groups is 1. The SMILES string of the molecule is O=C(c1cccc([N+](=O)[O-])c1)N1N=C(C(F)(F)F)C[C@]1(O)c1ccc([N+](=O)[O-])cc1. The molecule has 1 aliphatic heterocycles. The molecule has 0 unspecified atom stereocenters. The number of carbonyl (C=O) groups is 1.